The molecule has 2 aromatic carbocycles. The summed E-state index contributed by atoms with van der Waals surface area (Å²) in [5.74, 6) is 0.606. The van der Waals surface area contributed by atoms with E-state index in [1.54, 1.807) is 36.4 Å². The lowest BCUT2D eigenvalue weighted by atomic mass is 9.85. The number of nitrogens with zero attached hydrogens (tertiary/aromatic N) is 1. The number of fused-ring (bicyclic) bond motifs is 1. The summed E-state index contributed by atoms with van der Waals surface area (Å²) in [5.41, 5.74) is -0.167. The van der Waals surface area contributed by atoms with Crippen molar-refractivity contribution in [3.63, 3.8) is 0 Å². The smallest absolute Gasteiger partial charge is 0.418 e. The predicted octanol–water partition coefficient (Wildman–Crippen LogP) is 6.87. The third-order valence-corrected chi connectivity index (χ3v) is 5.98. The third-order valence-electron chi connectivity index (χ3n) is 5.73. The Balaban J connectivity index is 1.35. The van der Waals surface area contributed by atoms with Crippen LogP contribution in [0.3, 0.4) is 0 Å². The number of amides is 1. The number of alkyl halides is 3. The van der Waals surface area contributed by atoms with Gasteiger partial charge in [-0.1, -0.05) is 17.7 Å². The van der Waals surface area contributed by atoms with Gasteiger partial charge in [-0.15, -0.1) is 0 Å². The maximum absolute atomic E-state index is 13.3. The highest BCUT2D eigenvalue weighted by molar-refractivity contribution is 6.30. The molecule has 0 bridgehead atoms. The Morgan fingerprint density at radius 2 is 1.78 bits per heavy atom. The molecule has 0 saturated heterocycles. The highest BCUT2D eigenvalue weighted by Gasteiger charge is 2.33. The second kappa shape index (κ2) is 9.36. The molecule has 0 unspecified atom stereocenters. The van der Waals surface area contributed by atoms with Crippen LogP contribution in [-0.2, 0) is 11.0 Å². The van der Waals surface area contributed by atoms with Crippen molar-refractivity contribution in [2.24, 2.45) is 5.92 Å². The summed E-state index contributed by atoms with van der Waals surface area (Å²) >= 11 is 5.86. The molecule has 1 aliphatic rings. The molecule has 0 radical (unpaired) electrons. The number of pyridine rings is 1. The number of anilines is 1. The van der Waals surface area contributed by atoms with Gasteiger partial charge >= 0.3 is 6.18 Å². The van der Waals surface area contributed by atoms with E-state index in [1.807, 2.05) is 0 Å². The predicted molar refractivity (Wildman–Crippen MR) is 118 cm³/mol. The van der Waals surface area contributed by atoms with Gasteiger partial charge in [0, 0.05) is 28.7 Å². The summed E-state index contributed by atoms with van der Waals surface area (Å²) < 4.78 is 45.9. The fraction of sp³-hybridized carbons (Fsp3) is 0.333. The molecule has 3 aromatic rings. The van der Waals surface area contributed by atoms with Crippen LogP contribution in [0.1, 0.15) is 37.7 Å². The first kappa shape index (κ1) is 22.4. The Morgan fingerprint density at radius 1 is 1.06 bits per heavy atom. The van der Waals surface area contributed by atoms with Crippen molar-refractivity contribution in [1.82, 2.24) is 4.98 Å². The highest BCUT2D eigenvalue weighted by Crippen LogP contribution is 2.37. The molecular weight excluding hydrogens is 441 g/mol. The molecule has 1 saturated carbocycles. The minimum atomic E-state index is -4.48. The van der Waals surface area contributed by atoms with Gasteiger partial charge in [-0.3, -0.25) is 9.78 Å². The van der Waals surface area contributed by atoms with Crippen molar-refractivity contribution in [2.75, 3.05) is 5.32 Å². The van der Waals surface area contributed by atoms with Crippen molar-refractivity contribution in [3.05, 3.63) is 65.3 Å². The molecular formula is C24H22ClF3N2O2. The molecule has 4 rings (SSSR count). The first-order valence-electron chi connectivity index (χ1n) is 10.5. The van der Waals surface area contributed by atoms with E-state index in [0.717, 1.165) is 31.7 Å². The molecule has 1 fully saturated rings. The first-order valence-corrected chi connectivity index (χ1v) is 10.8. The van der Waals surface area contributed by atoms with Crippen molar-refractivity contribution in [3.8, 4) is 5.75 Å². The Morgan fingerprint density at radius 3 is 2.47 bits per heavy atom. The number of hydrogen-bond donors (Lipinski definition) is 1. The van der Waals surface area contributed by atoms with Gasteiger partial charge in [0.15, 0.2) is 0 Å². The van der Waals surface area contributed by atoms with E-state index in [-0.39, 0.29) is 23.4 Å². The van der Waals surface area contributed by atoms with Crippen molar-refractivity contribution in [1.29, 1.82) is 0 Å². The van der Waals surface area contributed by atoms with Crippen molar-refractivity contribution in [2.45, 2.75) is 44.4 Å². The second-order valence-electron chi connectivity index (χ2n) is 8.03. The number of para-hydroxylation sites is 1. The zero-order valence-electron chi connectivity index (χ0n) is 17.2. The van der Waals surface area contributed by atoms with E-state index in [1.165, 1.54) is 12.3 Å². The van der Waals surface area contributed by atoms with E-state index in [2.05, 4.69) is 10.3 Å². The number of benzene rings is 2. The number of halogens is 4. The van der Waals surface area contributed by atoms with Crippen LogP contribution in [-0.4, -0.2) is 17.0 Å². The fourth-order valence-electron chi connectivity index (χ4n) is 4.12. The summed E-state index contributed by atoms with van der Waals surface area (Å²) in [6.45, 7) is 0. The number of rotatable bonds is 5. The normalized spacial score (nSPS) is 19.0. The van der Waals surface area contributed by atoms with Gasteiger partial charge in [-0.2, -0.15) is 13.2 Å². The Kier molecular flexibility index (Phi) is 6.55. The number of aromatic nitrogens is 1. The van der Waals surface area contributed by atoms with Gasteiger partial charge in [-0.05, 0) is 74.1 Å². The molecule has 1 N–H and O–H groups in total. The van der Waals surface area contributed by atoms with Crippen LogP contribution in [0.2, 0.25) is 5.02 Å². The lowest BCUT2D eigenvalue weighted by Gasteiger charge is -2.29. The van der Waals surface area contributed by atoms with Crippen molar-refractivity contribution < 1.29 is 22.7 Å². The molecule has 1 aromatic heterocycles. The Labute approximate surface area is 188 Å². The minimum Gasteiger partial charge on any atom is -0.490 e. The van der Waals surface area contributed by atoms with Crippen LogP contribution in [0, 0.1) is 5.92 Å². The third kappa shape index (κ3) is 5.33. The average molecular weight is 463 g/mol. The number of carbonyl (C=O) groups excluding carboxylic acids is 1. The second-order valence-corrected chi connectivity index (χ2v) is 8.46. The van der Waals surface area contributed by atoms with Gasteiger partial charge in [-0.25, -0.2) is 0 Å². The summed E-state index contributed by atoms with van der Waals surface area (Å²) in [6, 6.07) is 12.6. The summed E-state index contributed by atoms with van der Waals surface area (Å²) in [6.07, 6.45) is 0.289. The molecule has 4 nitrogen and oxygen atoms in total. The summed E-state index contributed by atoms with van der Waals surface area (Å²) in [5, 5.41) is 3.84. The number of hydrogen-bond acceptors (Lipinski definition) is 3. The van der Waals surface area contributed by atoms with Crippen LogP contribution < -0.4 is 10.1 Å². The van der Waals surface area contributed by atoms with E-state index in [9.17, 15) is 18.0 Å². The van der Waals surface area contributed by atoms with Gasteiger partial charge in [0.25, 0.3) is 0 Å². The van der Waals surface area contributed by atoms with Gasteiger partial charge < -0.3 is 10.1 Å². The monoisotopic (exact) mass is 462 g/mol. The molecule has 0 aliphatic heterocycles. The zero-order valence-corrected chi connectivity index (χ0v) is 17.9. The van der Waals surface area contributed by atoms with Crippen LogP contribution >= 0.6 is 11.6 Å². The van der Waals surface area contributed by atoms with Gasteiger partial charge in [0.2, 0.25) is 5.91 Å². The quantitative estimate of drug-likeness (QED) is 0.450. The topological polar surface area (TPSA) is 51.2 Å². The van der Waals surface area contributed by atoms with E-state index in [0.29, 0.717) is 28.3 Å². The number of nitrogens with one attached hydrogen (secondary N) is 1. The standard InChI is InChI=1S/C24H22ClF3N2O2/c25-16-6-8-17(9-7-16)30-22(31)14-15-4-10-18(11-5-15)32-21-12-13-29-23-19(21)2-1-3-20(23)24(26,27)28/h1-3,6-9,12-13,15,18H,4-5,10-11,14H2,(H,30,31). The molecule has 0 atom stereocenters. The lowest BCUT2D eigenvalue weighted by Crippen LogP contribution is -2.26. The molecule has 1 amide bonds. The molecule has 1 heterocycles. The summed E-state index contributed by atoms with van der Waals surface area (Å²) in [4.78, 5) is 16.3. The largest absolute Gasteiger partial charge is 0.490 e. The maximum Gasteiger partial charge on any atom is 0.418 e. The maximum atomic E-state index is 13.3. The average Bonchev–Trinajstić information content (AvgIpc) is 2.76. The molecule has 32 heavy (non-hydrogen) atoms. The Hall–Kier alpha value is -2.80. The van der Waals surface area contributed by atoms with E-state index >= 15 is 0 Å². The minimum absolute atomic E-state index is 0.0449. The molecule has 0 spiro atoms. The first-order chi connectivity index (χ1) is 15.3. The van der Waals surface area contributed by atoms with Crippen LogP contribution in [0.5, 0.6) is 5.75 Å². The molecule has 1 aliphatic carbocycles. The lowest BCUT2D eigenvalue weighted by molar-refractivity contribution is -0.136. The zero-order chi connectivity index (χ0) is 22.7. The molecule has 168 valence electrons. The van der Waals surface area contributed by atoms with Crippen LogP contribution in [0.25, 0.3) is 10.9 Å². The fourth-order valence-corrected chi connectivity index (χ4v) is 4.25. The van der Waals surface area contributed by atoms with Crippen LogP contribution in [0.4, 0.5) is 18.9 Å². The van der Waals surface area contributed by atoms with Crippen LogP contribution in [0.15, 0.2) is 54.7 Å². The van der Waals surface area contributed by atoms with Gasteiger partial charge in [0.05, 0.1) is 17.2 Å². The number of ether oxygens (including phenoxy) is 1. The molecule has 8 heteroatoms. The number of carbonyl (C=O) groups is 1. The van der Waals surface area contributed by atoms with Crippen molar-refractivity contribution >= 4 is 34.1 Å². The SMILES string of the molecule is O=C(CC1CCC(Oc2ccnc3c(C(F)(F)F)cccc23)CC1)Nc1ccc(Cl)cc1. The highest BCUT2D eigenvalue weighted by atomic mass is 35.5. The van der Waals surface area contributed by atoms with E-state index < -0.39 is 11.7 Å². The summed E-state index contributed by atoms with van der Waals surface area (Å²) in [7, 11) is 0. The van der Waals surface area contributed by atoms with E-state index in [4.69, 9.17) is 16.3 Å². The Bertz CT molecular complexity index is 1090. The van der Waals surface area contributed by atoms with Gasteiger partial charge in [0.1, 0.15) is 5.75 Å².